The number of benzene rings is 3. The molecule has 4 nitrogen and oxygen atoms in total. The highest BCUT2D eigenvalue weighted by Crippen LogP contribution is 2.27. The second-order valence-corrected chi connectivity index (χ2v) is 5.53. The van der Waals surface area contributed by atoms with Crippen LogP contribution in [0.2, 0.25) is 0 Å². The molecule has 0 spiro atoms. The quantitative estimate of drug-likeness (QED) is 0.524. The highest BCUT2D eigenvalue weighted by Gasteiger charge is 2.10. The first kappa shape index (κ1) is 15.1. The summed E-state index contributed by atoms with van der Waals surface area (Å²) in [6.45, 7) is 0. The van der Waals surface area contributed by atoms with Crippen LogP contribution in [0.1, 0.15) is 0 Å². The molecule has 2 N–H and O–H groups in total. The second kappa shape index (κ2) is 6.57. The van der Waals surface area contributed by atoms with E-state index in [4.69, 9.17) is 4.98 Å². The molecule has 0 aliphatic carbocycles. The van der Waals surface area contributed by atoms with E-state index in [0.717, 1.165) is 28.0 Å². The van der Waals surface area contributed by atoms with E-state index in [1.807, 2.05) is 54.6 Å². The summed E-state index contributed by atoms with van der Waals surface area (Å²) in [6.07, 6.45) is 0. The van der Waals surface area contributed by atoms with Crippen molar-refractivity contribution in [2.75, 3.05) is 10.9 Å². The maximum atomic E-state index is 13.0. The summed E-state index contributed by atoms with van der Waals surface area (Å²) in [5.41, 5.74) is 10.2. The first-order chi connectivity index (χ1) is 12.3. The summed E-state index contributed by atoms with van der Waals surface area (Å²) in [5.74, 6) is 0.329. The Morgan fingerprint density at radius 3 is 2.00 bits per heavy atom. The van der Waals surface area contributed by atoms with Crippen molar-refractivity contribution in [2.45, 2.75) is 0 Å². The van der Waals surface area contributed by atoms with E-state index >= 15 is 0 Å². The molecule has 0 saturated heterocycles. The zero-order valence-electron chi connectivity index (χ0n) is 13.3. The van der Waals surface area contributed by atoms with Gasteiger partial charge in [-0.2, -0.15) is 0 Å². The van der Waals surface area contributed by atoms with Crippen LogP contribution in [-0.2, 0) is 0 Å². The van der Waals surface area contributed by atoms with Crippen molar-refractivity contribution in [1.29, 1.82) is 0 Å². The average Bonchev–Trinajstić information content (AvgIpc) is 2.67. The van der Waals surface area contributed by atoms with E-state index in [9.17, 15) is 4.39 Å². The molecule has 3 aromatic carbocycles. The fourth-order valence-corrected chi connectivity index (χ4v) is 2.55. The Hall–Kier alpha value is -3.47. The molecule has 1 heterocycles. The predicted molar refractivity (Wildman–Crippen MR) is 98.6 cm³/mol. The van der Waals surface area contributed by atoms with Gasteiger partial charge in [0.15, 0.2) is 5.82 Å². The lowest BCUT2D eigenvalue weighted by Gasteiger charge is -2.13. The molecule has 0 radical (unpaired) electrons. The number of anilines is 2. The summed E-state index contributed by atoms with van der Waals surface area (Å²) < 4.78 is 13.0. The Morgan fingerprint density at radius 1 is 0.640 bits per heavy atom. The van der Waals surface area contributed by atoms with Crippen LogP contribution in [0.4, 0.5) is 15.9 Å². The molecule has 0 bridgehead atoms. The van der Waals surface area contributed by atoms with Gasteiger partial charge in [0, 0.05) is 5.56 Å². The van der Waals surface area contributed by atoms with Gasteiger partial charge >= 0.3 is 0 Å². The minimum absolute atomic E-state index is 0.277. The number of halogens is 1. The Kier molecular flexibility index (Phi) is 3.96. The van der Waals surface area contributed by atoms with Crippen LogP contribution < -0.4 is 10.9 Å². The molecule has 0 saturated carbocycles. The summed E-state index contributed by atoms with van der Waals surface area (Å²) in [4.78, 5) is 9.42. The predicted octanol–water partition coefficient (Wildman–Crippen LogP) is 4.87. The Morgan fingerprint density at radius 2 is 1.28 bits per heavy atom. The molecular weight excluding hydrogens is 315 g/mol. The molecule has 0 aliphatic rings. The number of fused-ring (bicyclic) bond motifs is 1. The number of para-hydroxylation sites is 2. The van der Waals surface area contributed by atoms with E-state index in [-0.39, 0.29) is 5.82 Å². The van der Waals surface area contributed by atoms with Crippen LogP contribution in [0.25, 0.3) is 22.3 Å². The molecule has 4 aromatic rings. The SMILES string of the molecule is Fc1ccc(NNc2nc3ccccc3nc2-c2ccccc2)cc1. The van der Waals surface area contributed by atoms with Crippen LogP contribution in [0.5, 0.6) is 0 Å². The van der Waals surface area contributed by atoms with Crippen LogP contribution in [0.15, 0.2) is 78.9 Å². The maximum Gasteiger partial charge on any atom is 0.171 e. The molecule has 0 fully saturated rings. The van der Waals surface area contributed by atoms with Gasteiger partial charge in [-0.3, -0.25) is 10.9 Å². The van der Waals surface area contributed by atoms with Gasteiger partial charge in [0.25, 0.3) is 0 Å². The molecule has 5 heteroatoms. The Bertz CT molecular complexity index is 1000. The van der Waals surface area contributed by atoms with Gasteiger partial charge < -0.3 is 0 Å². The molecule has 0 atom stereocenters. The zero-order valence-corrected chi connectivity index (χ0v) is 13.3. The molecule has 1 aromatic heterocycles. The van der Waals surface area contributed by atoms with Gasteiger partial charge in [-0.05, 0) is 36.4 Å². The van der Waals surface area contributed by atoms with Crippen LogP contribution >= 0.6 is 0 Å². The van der Waals surface area contributed by atoms with Crippen LogP contribution in [-0.4, -0.2) is 9.97 Å². The lowest BCUT2D eigenvalue weighted by Crippen LogP contribution is -2.12. The van der Waals surface area contributed by atoms with E-state index in [0.29, 0.717) is 5.82 Å². The molecular formula is C20H15FN4. The van der Waals surface area contributed by atoms with Gasteiger partial charge in [-0.15, -0.1) is 0 Å². The van der Waals surface area contributed by atoms with Gasteiger partial charge in [-0.1, -0.05) is 42.5 Å². The van der Waals surface area contributed by atoms with Gasteiger partial charge in [0.2, 0.25) is 0 Å². The van der Waals surface area contributed by atoms with Gasteiger partial charge in [-0.25, -0.2) is 14.4 Å². The van der Waals surface area contributed by atoms with E-state index in [2.05, 4.69) is 15.8 Å². The number of nitrogens with one attached hydrogen (secondary N) is 2. The van der Waals surface area contributed by atoms with E-state index < -0.39 is 0 Å². The summed E-state index contributed by atoms with van der Waals surface area (Å²) in [6, 6.07) is 23.7. The molecule has 4 rings (SSSR count). The van der Waals surface area contributed by atoms with Gasteiger partial charge in [0.1, 0.15) is 11.5 Å². The van der Waals surface area contributed by atoms with Crippen molar-refractivity contribution in [3.8, 4) is 11.3 Å². The highest BCUT2D eigenvalue weighted by molar-refractivity contribution is 5.83. The van der Waals surface area contributed by atoms with Crippen molar-refractivity contribution in [2.24, 2.45) is 0 Å². The molecule has 0 amide bonds. The lowest BCUT2D eigenvalue weighted by molar-refractivity contribution is 0.628. The zero-order chi connectivity index (χ0) is 17.1. The van der Waals surface area contributed by atoms with Crippen molar-refractivity contribution in [3.63, 3.8) is 0 Å². The first-order valence-electron chi connectivity index (χ1n) is 7.89. The van der Waals surface area contributed by atoms with Gasteiger partial charge in [0.05, 0.1) is 16.7 Å². The summed E-state index contributed by atoms with van der Waals surface area (Å²) in [7, 11) is 0. The van der Waals surface area contributed by atoms with E-state index in [1.54, 1.807) is 12.1 Å². The summed E-state index contributed by atoms with van der Waals surface area (Å²) in [5, 5.41) is 0. The largest absolute Gasteiger partial charge is 0.300 e. The summed E-state index contributed by atoms with van der Waals surface area (Å²) >= 11 is 0. The van der Waals surface area contributed by atoms with Crippen LogP contribution in [0, 0.1) is 5.82 Å². The number of hydrogen-bond donors (Lipinski definition) is 2. The molecule has 0 aliphatic heterocycles. The topological polar surface area (TPSA) is 49.8 Å². The minimum Gasteiger partial charge on any atom is -0.300 e. The third-order valence-electron chi connectivity index (χ3n) is 3.79. The van der Waals surface area contributed by atoms with Crippen molar-refractivity contribution in [1.82, 2.24) is 9.97 Å². The number of hydrazine groups is 1. The van der Waals surface area contributed by atoms with Crippen LogP contribution in [0.3, 0.4) is 0 Å². The number of hydrogen-bond acceptors (Lipinski definition) is 4. The average molecular weight is 330 g/mol. The second-order valence-electron chi connectivity index (χ2n) is 5.53. The van der Waals surface area contributed by atoms with Crippen molar-refractivity contribution < 1.29 is 4.39 Å². The number of nitrogens with zero attached hydrogens (tertiary/aromatic N) is 2. The van der Waals surface area contributed by atoms with E-state index in [1.165, 1.54) is 12.1 Å². The highest BCUT2D eigenvalue weighted by atomic mass is 19.1. The molecule has 122 valence electrons. The minimum atomic E-state index is -0.277. The monoisotopic (exact) mass is 330 g/mol. The fourth-order valence-electron chi connectivity index (χ4n) is 2.55. The third-order valence-corrected chi connectivity index (χ3v) is 3.79. The first-order valence-corrected chi connectivity index (χ1v) is 7.89. The lowest BCUT2D eigenvalue weighted by atomic mass is 10.1. The Balaban J connectivity index is 1.73. The standard InChI is InChI=1S/C20H15FN4/c21-15-10-12-16(13-11-15)24-25-20-19(14-6-2-1-3-7-14)22-17-8-4-5-9-18(17)23-20/h1-13,24H,(H,23,25). The maximum absolute atomic E-state index is 13.0. The molecule has 0 unspecified atom stereocenters. The third kappa shape index (κ3) is 3.26. The van der Waals surface area contributed by atoms with Crippen molar-refractivity contribution >= 4 is 22.5 Å². The normalized spacial score (nSPS) is 10.6. The smallest absolute Gasteiger partial charge is 0.171 e. The Labute approximate surface area is 144 Å². The fraction of sp³-hybridized carbons (Fsp3) is 0. The number of aromatic nitrogens is 2. The van der Waals surface area contributed by atoms with Crippen molar-refractivity contribution in [3.05, 3.63) is 84.7 Å². The molecule has 25 heavy (non-hydrogen) atoms. The number of rotatable bonds is 4.